The van der Waals surface area contributed by atoms with Gasteiger partial charge >= 0.3 is 0 Å². The molecule has 3 heterocycles. The van der Waals surface area contributed by atoms with Crippen LogP contribution in [0.4, 0.5) is 5.82 Å². The maximum Gasteiger partial charge on any atom is 0.184 e. The number of morpholine rings is 1. The zero-order valence-corrected chi connectivity index (χ0v) is 20.6. The summed E-state index contributed by atoms with van der Waals surface area (Å²) >= 11 is 1.74. The van der Waals surface area contributed by atoms with Crippen molar-refractivity contribution in [2.24, 2.45) is 5.73 Å². The number of aliphatic hydroxyl groups excluding tert-OH is 1. The number of benzene rings is 1. The highest BCUT2D eigenvalue weighted by atomic mass is 32.2. The Kier molecular flexibility index (Phi) is 5.94. The molecule has 0 bridgehead atoms. The average molecular weight is 459 g/mol. The number of ether oxygens (including phenoxy) is 2. The Morgan fingerprint density at radius 1 is 1.22 bits per heavy atom. The molecule has 1 unspecified atom stereocenters. The van der Waals surface area contributed by atoms with Crippen LogP contribution in [0, 0.1) is 0 Å². The van der Waals surface area contributed by atoms with E-state index >= 15 is 0 Å². The average Bonchev–Trinajstić information content (AvgIpc) is 2.77. The molecule has 2 aliphatic rings. The largest absolute Gasteiger partial charge is 0.485 e. The lowest BCUT2D eigenvalue weighted by Gasteiger charge is -2.52. The van der Waals surface area contributed by atoms with E-state index in [1.54, 1.807) is 11.8 Å². The predicted molar refractivity (Wildman–Crippen MR) is 129 cm³/mol. The summed E-state index contributed by atoms with van der Waals surface area (Å²) in [6.07, 6.45) is 2.09. The van der Waals surface area contributed by atoms with E-state index in [-0.39, 0.29) is 22.9 Å². The third kappa shape index (κ3) is 3.87. The lowest BCUT2D eigenvalue weighted by Crippen LogP contribution is -2.64. The number of rotatable bonds is 5. The predicted octanol–water partition coefficient (Wildman–Crippen LogP) is 3.28. The van der Waals surface area contributed by atoms with Crippen molar-refractivity contribution in [3.8, 4) is 17.1 Å². The molecule has 0 aliphatic carbocycles. The van der Waals surface area contributed by atoms with Crippen molar-refractivity contribution in [3.63, 3.8) is 0 Å². The highest BCUT2D eigenvalue weighted by Gasteiger charge is 2.47. The van der Waals surface area contributed by atoms with Crippen LogP contribution in [0.15, 0.2) is 24.3 Å². The number of nitrogens with zero attached hydrogens (tertiary/aromatic N) is 3. The number of hydrogen-bond acceptors (Lipinski definition) is 8. The van der Waals surface area contributed by atoms with Crippen LogP contribution in [0.1, 0.15) is 45.9 Å². The SMILES string of the molecule is CSC(C)(C)c1nc(-c2ccc(C(C)(N)CO)cc2)nc2c1OC[C@]1(C)COC[C@@H](C)N21. The molecule has 174 valence electrons. The second-order valence-electron chi connectivity index (χ2n) is 9.94. The summed E-state index contributed by atoms with van der Waals surface area (Å²) in [5, 5.41) is 9.60. The van der Waals surface area contributed by atoms with Gasteiger partial charge in [0.05, 0.1) is 41.7 Å². The van der Waals surface area contributed by atoms with Crippen LogP contribution in [-0.2, 0) is 15.0 Å². The van der Waals surface area contributed by atoms with E-state index in [0.717, 1.165) is 28.4 Å². The van der Waals surface area contributed by atoms with Crippen molar-refractivity contribution in [2.45, 2.75) is 56.5 Å². The van der Waals surface area contributed by atoms with Gasteiger partial charge in [-0.25, -0.2) is 9.97 Å². The first-order chi connectivity index (χ1) is 15.0. The highest BCUT2D eigenvalue weighted by molar-refractivity contribution is 7.99. The molecule has 1 fully saturated rings. The normalized spacial score (nSPS) is 24.9. The number of thioether (sulfide) groups is 1. The number of nitrogens with two attached hydrogens (primary N) is 1. The van der Waals surface area contributed by atoms with E-state index in [9.17, 15) is 5.11 Å². The van der Waals surface area contributed by atoms with Gasteiger partial charge in [0.15, 0.2) is 17.4 Å². The Hall–Kier alpha value is -1.87. The summed E-state index contributed by atoms with van der Waals surface area (Å²) in [6.45, 7) is 12.1. The Morgan fingerprint density at radius 3 is 2.53 bits per heavy atom. The smallest absolute Gasteiger partial charge is 0.184 e. The second-order valence-corrected chi connectivity index (χ2v) is 11.4. The Balaban J connectivity index is 1.88. The molecular formula is C24H34N4O3S. The van der Waals surface area contributed by atoms with E-state index < -0.39 is 5.54 Å². The first-order valence-corrected chi connectivity index (χ1v) is 12.2. The first-order valence-electron chi connectivity index (χ1n) is 11.0. The molecule has 0 saturated carbocycles. The highest BCUT2D eigenvalue weighted by Crippen LogP contribution is 2.48. The number of anilines is 1. The maximum atomic E-state index is 9.60. The monoisotopic (exact) mass is 458 g/mol. The molecule has 1 aromatic carbocycles. The van der Waals surface area contributed by atoms with E-state index in [1.165, 1.54) is 0 Å². The summed E-state index contributed by atoms with van der Waals surface area (Å²) in [4.78, 5) is 12.4. The minimum Gasteiger partial charge on any atom is -0.485 e. The van der Waals surface area contributed by atoms with Gasteiger partial charge in [0.2, 0.25) is 0 Å². The summed E-state index contributed by atoms with van der Waals surface area (Å²) in [5.74, 6) is 2.26. The van der Waals surface area contributed by atoms with Crippen molar-refractivity contribution >= 4 is 17.6 Å². The van der Waals surface area contributed by atoms with Gasteiger partial charge in [0.25, 0.3) is 0 Å². The van der Waals surface area contributed by atoms with Gasteiger partial charge in [-0.15, -0.1) is 0 Å². The fourth-order valence-electron chi connectivity index (χ4n) is 4.39. The van der Waals surface area contributed by atoms with Gasteiger partial charge < -0.3 is 25.2 Å². The van der Waals surface area contributed by atoms with E-state index in [4.69, 9.17) is 25.2 Å². The maximum absolute atomic E-state index is 9.60. The van der Waals surface area contributed by atoms with Crippen molar-refractivity contribution in [1.29, 1.82) is 0 Å². The van der Waals surface area contributed by atoms with Crippen LogP contribution < -0.4 is 15.4 Å². The van der Waals surface area contributed by atoms with E-state index in [1.807, 2.05) is 31.2 Å². The topological polar surface area (TPSA) is 93.7 Å². The molecule has 8 heteroatoms. The molecule has 0 spiro atoms. The summed E-state index contributed by atoms with van der Waals surface area (Å²) in [6, 6.07) is 7.99. The van der Waals surface area contributed by atoms with Crippen LogP contribution in [0.3, 0.4) is 0 Å². The van der Waals surface area contributed by atoms with Crippen molar-refractivity contribution in [2.75, 3.05) is 37.6 Å². The van der Waals surface area contributed by atoms with Crippen LogP contribution in [-0.4, -0.2) is 59.3 Å². The van der Waals surface area contributed by atoms with Gasteiger partial charge in [-0.3, -0.25) is 0 Å². The first kappa shape index (κ1) is 23.3. The molecule has 3 atom stereocenters. The van der Waals surface area contributed by atoms with E-state index in [2.05, 4.69) is 38.9 Å². The van der Waals surface area contributed by atoms with Gasteiger partial charge in [0, 0.05) is 5.56 Å². The van der Waals surface area contributed by atoms with Crippen LogP contribution in [0.2, 0.25) is 0 Å². The van der Waals surface area contributed by atoms with E-state index in [0.29, 0.717) is 25.6 Å². The molecule has 3 N–H and O–H groups in total. The van der Waals surface area contributed by atoms with Gasteiger partial charge in [-0.2, -0.15) is 11.8 Å². The molecule has 1 aromatic heterocycles. The molecule has 32 heavy (non-hydrogen) atoms. The number of fused-ring (bicyclic) bond motifs is 3. The Labute approximate surface area is 194 Å². The standard InChI is InChI=1S/C24H34N4O3S/c1-15-11-30-13-23(4)14-31-18-19(22(2,3)32-6)26-20(27-21(18)28(15)23)16-7-9-17(10-8-16)24(5,25)12-29/h7-10,15,29H,11-14,25H2,1-6H3/t15-,23+,24?/m1/s1. The lowest BCUT2D eigenvalue weighted by molar-refractivity contribution is 0.00707. The fraction of sp³-hybridized carbons (Fsp3) is 0.583. The van der Waals surface area contributed by atoms with Crippen LogP contribution in [0.5, 0.6) is 5.75 Å². The second kappa shape index (κ2) is 8.17. The van der Waals surface area contributed by atoms with Gasteiger partial charge in [0.1, 0.15) is 12.3 Å². The molecule has 1 saturated heterocycles. The van der Waals surface area contributed by atoms with Crippen molar-refractivity contribution < 1.29 is 14.6 Å². The lowest BCUT2D eigenvalue weighted by atomic mass is 9.93. The summed E-state index contributed by atoms with van der Waals surface area (Å²) in [5.41, 5.74) is 7.80. The minimum absolute atomic E-state index is 0.126. The van der Waals surface area contributed by atoms with Crippen molar-refractivity contribution in [1.82, 2.24) is 9.97 Å². The Bertz CT molecular complexity index is 995. The summed E-state index contributed by atoms with van der Waals surface area (Å²) in [7, 11) is 0. The third-order valence-corrected chi connectivity index (χ3v) is 7.82. The van der Waals surface area contributed by atoms with Gasteiger partial charge in [-0.1, -0.05) is 24.3 Å². The van der Waals surface area contributed by atoms with Gasteiger partial charge in [-0.05, 0) is 46.4 Å². The molecule has 2 aromatic rings. The Morgan fingerprint density at radius 2 is 1.91 bits per heavy atom. The molecule has 2 aliphatic heterocycles. The molecule has 4 rings (SSSR count). The quantitative estimate of drug-likeness (QED) is 0.705. The van der Waals surface area contributed by atoms with Crippen LogP contribution >= 0.6 is 11.8 Å². The fourth-order valence-corrected chi connectivity index (χ4v) is 4.72. The minimum atomic E-state index is -0.792. The zero-order valence-electron chi connectivity index (χ0n) is 19.8. The number of aliphatic hydroxyl groups is 1. The molecule has 0 radical (unpaired) electrons. The molecular weight excluding hydrogens is 424 g/mol. The summed E-state index contributed by atoms with van der Waals surface area (Å²) < 4.78 is 11.9. The zero-order chi connectivity index (χ0) is 23.3. The number of hydrogen-bond donors (Lipinski definition) is 2. The number of aromatic nitrogens is 2. The molecule has 0 amide bonds. The molecule has 7 nitrogen and oxygen atoms in total. The third-order valence-electron chi connectivity index (χ3n) is 6.61. The van der Waals surface area contributed by atoms with Crippen LogP contribution in [0.25, 0.3) is 11.4 Å². The van der Waals surface area contributed by atoms with Crippen molar-refractivity contribution in [3.05, 3.63) is 35.5 Å².